The maximum absolute atomic E-state index is 4.60. The molecule has 0 aliphatic carbocycles. The van der Waals surface area contributed by atoms with Crippen LogP contribution < -0.4 is 5.32 Å². The number of hydrogen-bond donors (Lipinski definition) is 1. The molecule has 0 bridgehead atoms. The van der Waals surface area contributed by atoms with Gasteiger partial charge in [-0.05, 0) is 32.9 Å². The number of nitrogens with zero attached hydrogens (tertiary/aromatic N) is 3. The van der Waals surface area contributed by atoms with E-state index in [0.29, 0.717) is 6.04 Å². The zero-order chi connectivity index (χ0) is 12.9. The minimum atomic E-state index is 0.378. The van der Waals surface area contributed by atoms with E-state index in [0.717, 1.165) is 16.3 Å². The molecular weight excluding hydrogens is 244 g/mol. The lowest BCUT2D eigenvalue weighted by molar-refractivity contribution is 0.788. The van der Waals surface area contributed by atoms with Gasteiger partial charge in [0, 0.05) is 24.2 Å². The molecule has 0 aliphatic heterocycles. The van der Waals surface area contributed by atoms with Gasteiger partial charge in [0.05, 0.1) is 10.2 Å². The minimum Gasteiger partial charge on any atom is -0.365 e. The molecule has 0 fully saturated rings. The molecule has 0 radical (unpaired) electrons. The van der Waals surface area contributed by atoms with Crippen LogP contribution in [-0.2, 0) is 7.05 Å². The second-order valence-corrected chi connectivity index (χ2v) is 5.86. The highest BCUT2D eigenvalue weighted by Crippen LogP contribution is 2.37. The maximum Gasteiger partial charge on any atom is 0.166 e. The fourth-order valence-electron chi connectivity index (χ4n) is 2.15. The van der Waals surface area contributed by atoms with Crippen molar-refractivity contribution in [3.05, 3.63) is 17.8 Å². The molecule has 5 heteroatoms. The standard InChI is InChI=1S/C13H16N4S/c1-7(2)14-12-11-10(17(4)16-12)9-6-5-8(3)15-13(9)18-11/h5-7H,1-4H3,(H,14,16). The van der Waals surface area contributed by atoms with Crippen molar-refractivity contribution in [2.75, 3.05) is 5.32 Å². The fourth-order valence-corrected chi connectivity index (χ4v) is 3.35. The number of rotatable bonds is 2. The van der Waals surface area contributed by atoms with Gasteiger partial charge in [0.25, 0.3) is 0 Å². The van der Waals surface area contributed by atoms with E-state index in [9.17, 15) is 0 Å². The Kier molecular flexibility index (Phi) is 2.52. The van der Waals surface area contributed by atoms with Crippen LogP contribution in [0.5, 0.6) is 0 Å². The van der Waals surface area contributed by atoms with Gasteiger partial charge in [0.2, 0.25) is 0 Å². The topological polar surface area (TPSA) is 42.7 Å². The van der Waals surface area contributed by atoms with Gasteiger partial charge >= 0.3 is 0 Å². The third-order valence-corrected chi connectivity index (χ3v) is 3.98. The number of pyridine rings is 1. The zero-order valence-electron chi connectivity index (χ0n) is 11.0. The van der Waals surface area contributed by atoms with Crippen LogP contribution in [0.4, 0.5) is 5.82 Å². The van der Waals surface area contributed by atoms with E-state index in [1.165, 1.54) is 15.6 Å². The van der Waals surface area contributed by atoms with Crippen molar-refractivity contribution in [2.24, 2.45) is 7.05 Å². The summed E-state index contributed by atoms with van der Waals surface area (Å²) in [6.07, 6.45) is 0. The van der Waals surface area contributed by atoms with Gasteiger partial charge in [-0.25, -0.2) is 4.98 Å². The van der Waals surface area contributed by atoms with Crippen molar-refractivity contribution in [3.63, 3.8) is 0 Å². The molecule has 3 heterocycles. The Labute approximate surface area is 110 Å². The maximum atomic E-state index is 4.60. The van der Waals surface area contributed by atoms with E-state index in [2.05, 4.69) is 41.4 Å². The molecule has 4 nitrogen and oxygen atoms in total. The van der Waals surface area contributed by atoms with Crippen molar-refractivity contribution >= 4 is 37.6 Å². The highest BCUT2D eigenvalue weighted by Gasteiger charge is 2.16. The Morgan fingerprint density at radius 2 is 2.11 bits per heavy atom. The summed E-state index contributed by atoms with van der Waals surface area (Å²) in [5.41, 5.74) is 2.23. The van der Waals surface area contributed by atoms with Crippen LogP contribution in [0.2, 0.25) is 0 Å². The van der Waals surface area contributed by atoms with E-state index in [4.69, 9.17) is 0 Å². The van der Waals surface area contributed by atoms with Crippen LogP contribution in [-0.4, -0.2) is 20.8 Å². The molecule has 3 rings (SSSR count). The summed E-state index contributed by atoms with van der Waals surface area (Å²) in [6.45, 7) is 6.27. The highest BCUT2D eigenvalue weighted by molar-refractivity contribution is 7.26. The Morgan fingerprint density at radius 1 is 1.33 bits per heavy atom. The molecular formula is C13H16N4S. The first-order valence-electron chi connectivity index (χ1n) is 6.05. The predicted molar refractivity (Wildman–Crippen MR) is 77.4 cm³/mol. The van der Waals surface area contributed by atoms with Gasteiger partial charge in [-0.3, -0.25) is 4.68 Å². The third-order valence-electron chi connectivity index (χ3n) is 2.88. The average molecular weight is 260 g/mol. The van der Waals surface area contributed by atoms with E-state index in [1.54, 1.807) is 11.3 Å². The molecule has 0 aromatic carbocycles. The fraction of sp³-hybridized carbons (Fsp3) is 0.385. The van der Waals surface area contributed by atoms with Crippen LogP contribution in [0, 0.1) is 6.92 Å². The summed E-state index contributed by atoms with van der Waals surface area (Å²) >= 11 is 1.71. The molecule has 3 aromatic rings. The molecule has 0 saturated heterocycles. The Hall–Kier alpha value is -1.62. The molecule has 0 spiro atoms. The van der Waals surface area contributed by atoms with Crippen LogP contribution in [0.25, 0.3) is 20.4 Å². The quantitative estimate of drug-likeness (QED) is 0.768. The number of aryl methyl sites for hydroxylation is 2. The first-order valence-corrected chi connectivity index (χ1v) is 6.87. The monoisotopic (exact) mass is 260 g/mol. The number of anilines is 1. The van der Waals surface area contributed by atoms with Crippen LogP contribution in [0.1, 0.15) is 19.5 Å². The lowest BCUT2D eigenvalue weighted by Gasteiger charge is -2.05. The smallest absolute Gasteiger partial charge is 0.166 e. The second-order valence-electron chi connectivity index (χ2n) is 4.86. The number of fused-ring (bicyclic) bond motifs is 3. The lowest BCUT2D eigenvalue weighted by Crippen LogP contribution is -2.10. The molecule has 0 aliphatic rings. The third kappa shape index (κ3) is 1.66. The molecule has 0 atom stereocenters. The van der Waals surface area contributed by atoms with E-state index < -0.39 is 0 Å². The number of nitrogens with one attached hydrogen (secondary N) is 1. The summed E-state index contributed by atoms with van der Waals surface area (Å²) in [5.74, 6) is 0.961. The van der Waals surface area contributed by atoms with Gasteiger partial charge in [-0.15, -0.1) is 11.3 Å². The Balaban J connectivity index is 2.32. The van der Waals surface area contributed by atoms with E-state index >= 15 is 0 Å². The summed E-state index contributed by atoms with van der Waals surface area (Å²) < 4.78 is 3.13. The summed E-state index contributed by atoms with van der Waals surface area (Å²) in [4.78, 5) is 5.68. The van der Waals surface area contributed by atoms with Crippen molar-refractivity contribution in [1.82, 2.24) is 14.8 Å². The van der Waals surface area contributed by atoms with Crippen molar-refractivity contribution in [2.45, 2.75) is 26.8 Å². The molecule has 0 saturated carbocycles. The molecule has 3 aromatic heterocycles. The zero-order valence-corrected chi connectivity index (χ0v) is 11.8. The molecule has 18 heavy (non-hydrogen) atoms. The van der Waals surface area contributed by atoms with Crippen LogP contribution >= 0.6 is 11.3 Å². The van der Waals surface area contributed by atoms with E-state index in [-0.39, 0.29) is 0 Å². The second kappa shape index (κ2) is 3.95. The first-order chi connectivity index (χ1) is 8.56. The van der Waals surface area contributed by atoms with Crippen molar-refractivity contribution in [3.8, 4) is 0 Å². The largest absolute Gasteiger partial charge is 0.365 e. The molecule has 0 amide bonds. The van der Waals surface area contributed by atoms with Gasteiger partial charge in [-0.2, -0.15) is 5.10 Å². The van der Waals surface area contributed by atoms with Crippen molar-refractivity contribution in [1.29, 1.82) is 0 Å². The summed E-state index contributed by atoms with van der Waals surface area (Å²) in [5, 5.41) is 9.13. The van der Waals surface area contributed by atoms with Crippen LogP contribution in [0.3, 0.4) is 0 Å². The minimum absolute atomic E-state index is 0.378. The van der Waals surface area contributed by atoms with Gasteiger partial charge in [-0.1, -0.05) is 0 Å². The Morgan fingerprint density at radius 3 is 2.83 bits per heavy atom. The number of hydrogen-bond acceptors (Lipinski definition) is 4. The molecule has 94 valence electrons. The lowest BCUT2D eigenvalue weighted by atomic mass is 10.3. The summed E-state index contributed by atoms with van der Waals surface area (Å²) in [6, 6.07) is 4.57. The number of aromatic nitrogens is 3. The Bertz CT molecular complexity index is 723. The predicted octanol–water partition coefficient (Wildman–Crippen LogP) is 3.31. The van der Waals surface area contributed by atoms with Crippen molar-refractivity contribution < 1.29 is 0 Å². The first kappa shape index (κ1) is 11.5. The summed E-state index contributed by atoms with van der Waals surface area (Å²) in [7, 11) is 1.99. The normalized spacial score (nSPS) is 11.8. The van der Waals surface area contributed by atoms with Gasteiger partial charge in [0.1, 0.15) is 4.83 Å². The molecule has 0 unspecified atom stereocenters. The average Bonchev–Trinajstić information content (AvgIpc) is 2.77. The van der Waals surface area contributed by atoms with Gasteiger partial charge in [0.15, 0.2) is 5.82 Å². The molecule has 1 N–H and O–H groups in total. The highest BCUT2D eigenvalue weighted by atomic mass is 32.1. The van der Waals surface area contributed by atoms with Crippen LogP contribution in [0.15, 0.2) is 12.1 Å². The SMILES string of the molecule is Cc1ccc2c(n1)sc1c(NC(C)C)nn(C)c12. The number of thiophene rings is 1. The van der Waals surface area contributed by atoms with Gasteiger partial charge < -0.3 is 5.32 Å². The van der Waals surface area contributed by atoms with E-state index in [1.807, 2.05) is 18.7 Å².